The van der Waals surface area contributed by atoms with Crippen LogP contribution >= 0.6 is 0 Å². The number of allylic oxidation sites excluding steroid dienone is 1. The van der Waals surface area contributed by atoms with Gasteiger partial charge < -0.3 is 24.1 Å². The van der Waals surface area contributed by atoms with Crippen molar-refractivity contribution in [3.63, 3.8) is 0 Å². The fourth-order valence-corrected chi connectivity index (χ4v) is 3.15. The Hall–Kier alpha value is -2.96. The lowest BCUT2D eigenvalue weighted by Crippen LogP contribution is -2.31. The molecule has 25 heavy (non-hydrogen) atoms. The number of rotatable bonds is 4. The van der Waals surface area contributed by atoms with Crippen molar-refractivity contribution in [2.24, 2.45) is 5.92 Å². The molecule has 0 fully saturated rings. The number of phenolic OH excluding ortho intramolecular Hbond substituents is 1. The summed E-state index contributed by atoms with van der Waals surface area (Å²) in [5, 5.41) is 9.84. The zero-order valence-electron chi connectivity index (χ0n) is 14.1. The second-order valence-corrected chi connectivity index (χ2v) is 5.67. The van der Waals surface area contributed by atoms with Crippen molar-refractivity contribution in [1.82, 2.24) is 0 Å². The van der Waals surface area contributed by atoms with E-state index in [2.05, 4.69) is 0 Å². The number of hydrogen-bond acceptors (Lipinski definition) is 7. The summed E-state index contributed by atoms with van der Waals surface area (Å²) in [5.41, 5.74) is 1.04. The van der Waals surface area contributed by atoms with Crippen molar-refractivity contribution in [2.75, 3.05) is 27.9 Å². The van der Waals surface area contributed by atoms with E-state index in [4.69, 9.17) is 18.9 Å². The summed E-state index contributed by atoms with van der Waals surface area (Å²) in [6.07, 6.45) is 1.62. The van der Waals surface area contributed by atoms with E-state index in [-0.39, 0.29) is 46.9 Å². The lowest BCUT2D eigenvalue weighted by Gasteiger charge is -2.29. The number of ketones is 2. The van der Waals surface area contributed by atoms with Gasteiger partial charge >= 0.3 is 0 Å². The number of carbonyl (C=O) groups excluding carboxylic acids is 2. The van der Waals surface area contributed by atoms with Gasteiger partial charge in [-0.05, 0) is 18.1 Å². The second kappa shape index (κ2) is 6.51. The maximum absolute atomic E-state index is 12.5. The first-order valence-electron chi connectivity index (χ1n) is 7.66. The molecular formula is C18H18O7. The Morgan fingerprint density at radius 2 is 1.88 bits per heavy atom. The number of methoxy groups -OCH3 is 3. The number of phenols is 1. The van der Waals surface area contributed by atoms with Gasteiger partial charge in [0.25, 0.3) is 5.78 Å². The fraction of sp³-hybridized carbons (Fsp3) is 0.333. The number of Topliss-reactive ketones (excluding diaryl/α,β-unsaturated/α-hetero) is 1. The molecule has 1 N–H and O–H groups in total. The molecule has 0 bridgehead atoms. The van der Waals surface area contributed by atoms with Gasteiger partial charge in [0.05, 0.1) is 33.5 Å². The third kappa shape index (κ3) is 2.71. The molecule has 1 aromatic carbocycles. The highest BCUT2D eigenvalue weighted by Crippen LogP contribution is 2.44. The minimum Gasteiger partial charge on any atom is -0.504 e. The first-order chi connectivity index (χ1) is 12.0. The summed E-state index contributed by atoms with van der Waals surface area (Å²) >= 11 is 0. The van der Waals surface area contributed by atoms with Gasteiger partial charge in [-0.3, -0.25) is 9.59 Å². The van der Waals surface area contributed by atoms with Gasteiger partial charge in [-0.1, -0.05) is 6.07 Å². The van der Waals surface area contributed by atoms with E-state index >= 15 is 0 Å². The molecule has 0 spiro atoms. The van der Waals surface area contributed by atoms with Crippen LogP contribution in [0.5, 0.6) is 17.2 Å². The lowest BCUT2D eigenvalue weighted by atomic mass is 9.84. The quantitative estimate of drug-likeness (QED) is 0.827. The van der Waals surface area contributed by atoms with E-state index in [1.54, 1.807) is 6.07 Å². The summed E-state index contributed by atoms with van der Waals surface area (Å²) in [6, 6.07) is 3.21. The molecule has 7 heteroatoms. The van der Waals surface area contributed by atoms with Gasteiger partial charge in [0.2, 0.25) is 5.75 Å². The molecule has 3 rings (SSSR count). The summed E-state index contributed by atoms with van der Waals surface area (Å²) in [5.74, 6) is -0.548. The number of aromatic hydroxyl groups is 1. The molecule has 1 heterocycles. The number of carbonyl (C=O) groups is 2. The highest BCUT2D eigenvalue weighted by molar-refractivity contribution is 6.21. The highest BCUT2D eigenvalue weighted by atomic mass is 16.5. The molecular weight excluding hydrogens is 328 g/mol. The standard InChI is InChI=1S/C18H18O7/c1-22-13-7-12(20)14(18(24-3)15(13)21)10-6-9-4-5-11(19)17(23-2)16(9)25-8-10/h4-5,7,10,19H,6,8H2,1-3H3. The summed E-state index contributed by atoms with van der Waals surface area (Å²) in [7, 11) is 4.11. The Balaban J connectivity index is 1.99. The van der Waals surface area contributed by atoms with Gasteiger partial charge in [-0.25, -0.2) is 0 Å². The smallest absolute Gasteiger partial charge is 0.262 e. The Morgan fingerprint density at radius 3 is 2.52 bits per heavy atom. The molecule has 0 radical (unpaired) electrons. The molecule has 0 amide bonds. The average molecular weight is 346 g/mol. The van der Waals surface area contributed by atoms with E-state index in [0.717, 1.165) is 5.56 Å². The summed E-state index contributed by atoms with van der Waals surface area (Å²) in [6.45, 7) is 0.157. The normalized spacial score (nSPS) is 19.8. The Bertz CT molecular complexity index is 804. The van der Waals surface area contributed by atoms with Crippen molar-refractivity contribution >= 4 is 11.6 Å². The molecule has 1 atom stereocenters. The van der Waals surface area contributed by atoms with Crippen LogP contribution in [0.1, 0.15) is 5.56 Å². The van der Waals surface area contributed by atoms with E-state index in [0.29, 0.717) is 12.2 Å². The Kier molecular flexibility index (Phi) is 4.39. The molecule has 1 aliphatic carbocycles. The predicted octanol–water partition coefficient (Wildman–Crippen LogP) is 1.53. The maximum atomic E-state index is 12.5. The molecule has 1 aromatic rings. The first-order valence-corrected chi connectivity index (χ1v) is 7.66. The number of benzene rings is 1. The van der Waals surface area contributed by atoms with Crippen LogP contribution in [0.15, 0.2) is 35.3 Å². The molecule has 1 unspecified atom stereocenters. The molecule has 132 valence electrons. The number of ether oxygens (including phenoxy) is 4. The molecule has 0 aromatic heterocycles. The Morgan fingerprint density at radius 1 is 1.12 bits per heavy atom. The topological polar surface area (TPSA) is 91.3 Å². The van der Waals surface area contributed by atoms with Crippen LogP contribution in [0.4, 0.5) is 0 Å². The van der Waals surface area contributed by atoms with Crippen LogP contribution in [0.25, 0.3) is 0 Å². The van der Waals surface area contributed by atoms with Crippen molar-refractivity contribution < 1.29 is 33.6 Å². The van der Waals surface area contributed by atoms with E-state index in [1.165, 1.54) is 33.5 Å². The third-order valence-electron chi connectivity index (χ3n) is 4.31. The van der Waals surface area contributed by atoms with E-state index in [9.17, 15) is 14.7 Å². The highest BCUT2D eigenvalue weighted by Gasteiger charge is 2.37. The molecule has 1 aliphatic heterocycles. The van der Waals surface area contributed by atoms with Crippen molar-refractivity contribution in [2.45, 2.75) is 6.42 Å². The Labute approximate surface area is 144 Å². The van der Waals surface area contributed by atoms with Gasteiger partial charge in [0, 0.05) is 12.0 Å². The zero-order valence-corrected chi connectivity index (χ0v) is 14.1. The SMILES string of the molecule is COC1=CC(=O)C(C2COc3c(ccc(O)c3OC)C2)=C(OC)C1=O. The second-order valence-electron chi connectivity index (χ2n) is 5.67. The fourth-order valence-electron chi connectivity index (χ4n) is 3.15. The van der Waals surface area contributed by atoms with Gasteiger partial charge in [-0.15, -0.1) is 0 Å². The maximum Gasteiger partial charge on any atom is 0.262 e. The van der Waals surface area contributed by atoms with Crippen LogP contribution in [-0.2, 0) is 25.5 Å². The number of fused-ring (bicyclic) bond motifs is 1. The van der Waals surface area contributed by atoms with E-state index in [1.807, 2.05) is 0 Å². The van der Waals surface area contributed by atoms with Crippen LogP contribution in [0, 0.1) is 5.92 Å². The summed E-state index contributed by atoms with van der Waals surface area (Å²) < 4.78 is 21.0. The number of hydrogen-bond donors (Lipinski definition) is 1. The van der Waals surface area contributed by atoms with Crippen LogP contribution in [-0.4, -0.2) is 44.6 Å². The molecule has 2 aliphatic rings. The third-order valence-corrected chi connectivity index (χ3v) is 4.31. The van der Waals surface area contributed by atoms with Crippen LogP contribution in [0.2, 0.25) is 0 Å². The minimum absolute atomic E-state index is 0.0203. The van der Waals surface area contributed by atoms with Crippen LogP contribution < -0.4 is 9.47 Å². The van der Waals surface area contributed by atoms with Gasteiger partial charge in [0.15, 0.2) is 28.8 Å². The molecule has 7 nitrogen and oxygen atoms in total. The lowest BCUT2D eigenvalue weighted by molar-refractivity contribution is -0.121. The van der Waals surface area contributed by atoms with E-state index < -0.39 is 5.78 Å². The molecule has 0 saturated carbocycles. The minimum atomic E-state index is -0.464. The van der Waals surface area contributed by atoms with Crippen molar-refractivity contribution in [3.8, 4) is 17.2 Å². The van der Waals surface area contributed by atoms with Gasteiger partial charge in [-0.2, -0.15) is 0 Å². The predicted molar refractivity (Wildman–Crippen MR) is 86.5 cm³/mol. The average Bonchev–Trinajstić information content (AvgIpc) is 2.62. The van der Waals surface area contributed by atoms with Crippen molar-refractivity contribution in [1.29, 1.82) is 0 Å². The van der Waals surface area contributed by atoms with Crippen LogP contribution in [0.3, 0.4) is 0 Å². The monoisotopic (exact) mass is 346 g/mol. The zero-order chi connectivity index (χ0) is 18.1. The largest absolute Gasteiger partial charge is 0.504 e. The summed E-state index contributed by atoms with van der Waals surface area (Å²) in [4.78, 5) is 24.9. The first kappa shape index (κ1) is 16.9. The van der Waals surface area contributed by atoms with Crippen molar-refractivity contribution in [3.05, 3.63) is 40.9 Å². The molecule has 0 saturated heterocycles. The van der Waals surface area contributed by atoms with Gasteiger partial charge in [0.1, 0.15) is 0 Å².